The average Bonchev–Trinajstić information content (AvgIpc) is 3.37. The second kappa shape index (κ2) is 55.7. The molecule has 416 valence electrons. The quantitative estimate of drug-likeness (QED) is 0.0273. The van der Waals surface area contributed by atoms with Crippen LogP contribution in [0.1, 0.15) is 265 Å². The molecule has 11 heteroatoms. The third-order valence-electron chi connectivity index (χ3n) is 12.3. The molecule has 0 spiro atoms. The van der Waals surface area contributed by atoms with Gasteiger partial charge in [-0.3, -0.25) is 18.9 Å². The fraction of sp³-hybridized carbons (Fsp3) is 0.754. The van der Waals surface area contributed by atoms with Crippen LogP contribution in [0.4, 0.5) is 0 Å². The summed E-state index contributed by atoms with van der Waals surface area (Å²) < 4.78 is 33.7. The van der Waals surface area contributed by atoms with Gasteiger partial charge in [-0.15, -0.1) is 0 Å². The molecule has 0 saturated heterocycles. The predicted octanol–water partition coefficient (Wildman–Crippen LogP) is 17.3. The van der Waals surface area contributed by atoms with Crippen molar-refractivity contribution in [3.05, 3.63) is 72.9 Å². The van der Waals surface area contributed by atoms with E-state index >= 15 is 0 Å². The molecule has 0 bridgehead atoms. The third kappa shape index (κ3) is 54.7. The SMILES string of the molecule is CCCCC/C=C\C/C=C\C/C=C\C/C=C\CCCC(=O)NCCOP(=O)([O-])OC[C@@H](COC(=O)CCCCCCC/C=C\CCCCCCCC)OC(=O)CCCCCCC/C=C\CCCCCCCC. The number of nitrogens with one attached hydrogen (secondary N) is 1. The lowest BCUT2D eigenvalue weighted by molar-refractivity contribution is -0.228. The molecule has 0 rings (SSSR count). The Kier molecular flexibility index (Phi) is 53.4. The Morgan fingerprint density at radius 1 is 0.431 bits per heavy atom. The molecule has 0 heterocycles. The van der Waals surface area contributed by atoms with Gasteiger partial charge >= 0.3 is 11.9 Å². The van der Waals surface area contributed by atoms with Crippen molar-refractivity contribution in [1.82, 2.24) is 5.32 Å². The van der Waals surface area contributed by atoms with Crippen LogP contribution in [0, 0.1) is 0 Å². The van der Waals surface area contributed by atoms with Crippen molar-refractivity contribution in [2.24, 2.45) is 0 Å². The topological polar surface area (TPSA) is 140 Å². The highest BCUT2D eigenvalue weighted by molar-refractivity contribution is 7.45. The molecular formula is C61H107NO9P-. The summed E-state index contributed by atoms with van der Waals surface area (Å²) in [7, 11) is -4.82. The molecule has 0 aromatic rings. The number of phosphoric acid groups is 1. The van der Waals surface area contributed by atoms with Crippen LogP contribution in [0.25, 0.3) is 0 Å². The van der Waals surface area contributed by atoms with Gasteiger partial charge in [0.2, 0.25) is 5.91 Å². The maximum atomic E-state index is 12.8. The minimum Gasteiger partial charge on any atom is -0.756 e. The Hall–Kier alpha value is -3.04. The molecule has 72 heavy (non-hydrogen) atoms. The van der Waals surface area contributed by atoms with Crippen molar-refractivity contribution in [2.75, 3.05) is 26.4 Å². The second-order valence-electron chi connectivity index (χ2n) is 19.4. The summed E-state index contributed by atoms with van der Waals surface area (Å²) in [4.78, 5) is 50.4. The first kappa shape index (κ1) is 69.0. The molecule has 0 aliphatic carbocycles. The Morgan fingerprint density at radius 3 is 1.26 bits per heavy atom. The summed E-state index contributed by atoms with van der Waals surface area (Å²) >= 11 is 0. The van der Waals surface area contributed by atoms with E-state index in [1.807, 2.05) is 0 Å². The molecule has 0 aliphatic rings. The highest BCUT2D eigenvalue weighted by Gasteiger charge is 2.21. The van der Waals surface area contributed by atoms with Crippen LogP contribution < -0.4 is 10.2 Å². The average molecular weight is 1030 g/mol. The van der Waals surface area contributed by atoms with E-state index in [0.717, 1.165) is 96.3 Å². The van der Waals surface area contributed by atoms with Crippen LogP contribution in [-0.2, 0) is 37.5 Å². The van der Waals surface area contributed by atoms with Gasteiger partial charge in [0.05, 0.1) is 13.2 Å². The fourth-order valence-electron chi connectivity index (χ4n) is 7.89. The number of hydrogen-bond acceptors (Lipinski definition) is 9. The maximum Gasteiger partial charge on any atom is 0.306 e. The van der Waals surface area contributed by atoms with E-state index in [4.69, 9.17) is 18.5 Å². The molecule has 1 amide bonds. The Morgan fingerprint density at radius 2 is 0.792 bits per heavy atom. The van der Waals surface area contributed by atoms with E-state index in [-0.39, 0.29) is 38.5 Å². The number of hydrogen-bond donors (Lipinski definition) is 1. The fourth-order valence-corrected chi connectivity index (χ4v) is 8.63. The summed E-state index contributed by atoms with van der Waals surface area (Å²) in [5.41, 5.74) is 0. The Labute approximate surface area is 441 Å². The van der Waals surface area contributed by atoms with Gasteiger partial charge in [0.15, 0.2) is 6.10 Å². The lowest BCUT2D eigenvalue weighted by Crippen LogP contribution is -2.31. The van der Waals surface area contributed by atoms with Crippen molar-refractivity contribution in [1.29, 1.82) is 0 Å². The number of allylic oxidation sites excluding steroid dienone is 12. The van der Waals surface area contributed by atoms with Gasteiger partial charge in [0.1, 0.15) is 6.61 Å². The van der Waals surface area contributed by atoms with E-state index < -0.39 is 32.5 Å². The van der Waals surface area contributed by atoms with E-state index in [9.17, 15) is 23.8 Å². The van der Waals surface area contributed by atoms with Crippen molar-refractivity contribution >= 4 is 25.7 Å². The number of rotatable bonds is 54. The molecule has 10 nitrogen and oxygen atoms in total. The van der Waals surface area contributed by atoms with Gasteiger partial charge in [-0.1, -0.05) is 209 Å². The van der Waals surface area contributed by atoms with Gasteiger partial charge < -0.3 is 28.7 Å². The van der Waals surface area contributed by atoms with Gasteiger partial charge in [-0.25, -0.2) is 0 Å². The van der Waals surface area contributed by atoms with Crippen LogP contribution in [-0.4, -0.2) is 50.3 Å². The molecule has 0 fully saturated rings. The number of esters is 2. The predicted molar refractivity (Wildman–Crippen MR) is 301 cm³/mol. The van der Waals surface area contributed by atoms with Crippen molar-refractivity contribution in [2.45, 2.75) is 271 Å². The van der Waals surface area contributed by atoms with Crippen LogP contribution in [0.5, 0.6) is 0 Å². The van der Waals surface area contributed by atoms with Gasteiger partial charge in [-0.2, -0.15) is 0 Å². The van der Waals surface area contributed by atoms with E-state index in [2.05, 4.69) is 99.0 Å². The molecular weight excluding hydrogens is 922 g/mol. The zero-order valence-electron chi connectivity index (χ0n) is 46.3. The number of carbonyl (C=O) groups excluding carboxylic acids is 3. The van der Waals surface area contributed by atoms with Gasteiger partial charge in [0, 0.05) is 25.8 Å². The molecule has 2 atom stereocenters. The lowest BCUT2D eigenvalue weighted by Gasteiger charge is -2.25. The monoisotopic (exact) mass is 1030 g/mol. The summed E-state index contributed by atoms with van der Waals surface area (Å²) in [6.45, 7) is 5.52. The number of unbranched alkanes of at least 4 members (excludes halogenated alkanes) is 26. The molecule has 0 aliphatic heterocycles. The van der Waals surface area contributed by atoms with Crippen LogP contribution in [0.15, 0.2) is 72.9 Å². The number of carbonyl (C=O) groups is 3. The Bertz CT molecular complexity index is 1470. The summed E-state index contributed by atoms with van der Waals surface area (Å²) in [6.07, 6.45) is 65.2. The third-order valence-corrected chi connectivity index (χ3v) is 13.3. The standard InChI is InChI=1S/C61H108NO9P/c1-4-7-10-13-16-19-22-25-28-29-32-33-36-39-42-45-48-51-59(63)62-54-55-69-72(66,67)70-57-58(71-61(65)53-50-47-44-41-38-35-31-27-24-21-18-15-12-9-6-3)56-68-60(64)52-49-46-43-40-37-34-30-26-23-20-17-14-11-8-5-2/h16,19,25-28,30-33,39,42,58H,4-15,17-18,20-24,29,34-38,40-41,43-57H2,1-3H3,(H,62,63)(H,66,67)/p-1/b19-16-,28-25-,30-26-,31-27-,33-32-,42-39-/t58-/m1/s1. The van der Waals surface area contributed by atoms with Crippen molar-refractivity contribution < 1.29 is 42.4 Å². The van der Waals surface area contributed by atoms with Gasteiger partial charge in [0.25, 0.3) is 7.82 Å². The highest BCUT2D eigenvalue weighted by atomic mass is 31.2. The molecule has 0 saturated carbocycles. The number of ether oxygens (including phenoxy) is 2. The van der Waals surface area contributed by atoms with Gasteiger partial charge in [-0.05, 0) is 109 Å². The minimum absolute atomic E-state index is 0.0128. The van der Waals surface area contributed by atoms with E-state index in [1.165, 1.54) is 109 Å². The lowest BCUT2D eigenvalue weighted by atomic mass is 10.1. The second-order valence-corrected chi connectivity index (χ2v) is 20.8. The van der Waals surface area contributed by atoms with Crippen molar-refractivity contribution in [3.8, 4) is 0 Å². The summed E-state index contributed by atoms with van der Waals surface area (Å²) in [5, 5.41) is 2.68. The zero-order chi connectivity index (χ0) is 52.5. The van der Waals surface area contributed by atoms with E-state index in [0.29, 0.717) is 25.7 Å². The Balaban J connectivity index is 4.59. The molecule has 1 unspecified atom stereocenters. The van der Waals surface area contributed by atoms with E-state index in [1.54, 1.807) is 0 Å². The minimum atomic E-state index is -4.82. The number of phosphoric ester groups is 1. The number of amides is 1. The normalized spacial score (nSPS) is 13.4. The van der Waals surface area contributed by atoms with Crippen LogP contribution in [0.3, 0.4) is 0 Å². The first-order valence-electron chi connectivity index (χ1n) is 29.4. The van der Waals surface area contributed by atoms with Crippen molar-refractivity contribution in [3.63, 3.8) is 0 Å². The molecule has 0 aromatic carbocycles. The molecule has 0 aromatic heterocycles. The molecule has 1 N–H and O–H groups in total. The highest BCUT2D eigenvalue weighted by Crippen LogP contribution is 2.38. The molecule has 0 radical (unpaired) electrons. The first-order valence-corrected chi connectivity index (χ1v) is 30.8. The first-order chi connectivity index (χ1) is 35.2. The smallest absolute Gasteiger partial charge is 0.306 e. The summed E-state index contributed by atoms with van der Waals surface area (Å²) in [6, 6.07) is 0. The zero-order valence-corrected chi connectivity index (χ0v) is 47.2. The summed E-state index contributed by atoms with van der Waals surface area (Å²) in [5.74, 6) is -1.12. The van der Waals surface area contributed by atoms with Crippen LogP contribution in [0.2, 0.25) is 0 Å². The largest absolute Gasteiger partial charge is 0.756 e. The maximum absolute atomic E-state index is 12.8. The van der Waals surface area contributed by atoms with Crippen LogP contribution >= 0.6 is 7.82 Å².